The Balaban J connectivity index is 2.35. The van der Waals surface area contributed by atoms with Crippen LogP contribution in [0.5, 0.6) is 0 Å². The number of aromatic amines is 1. The van der Waals surface area contributed by atoms with E-state index >= 15 is 0 Å². The third-order valence-corrected chi connectivity index (χ3v) is 4.34. The molecule has 0 saturated carbocycles. The van der Waals surface area contributed by atoms with E-state index in [1.165, 1.54) is 0 Å². The van der Waals surface area contributed by atoms with Crippen LogP contribution in [0.25, 0.3) is 10.9 Å². The highest BCUT2D eigenvalue weighted by molar-refractivity contribution is 6.18. The number of alkyl halides is 1. The van der Waals surface area contributed by atoms with Crippen molar-refractivity contribution in [1.82, 2.24) is 10.2 Å². The van der Waals surface area contributed by atoms with Crippen LogP contribution in [0.1, 0.15) is 37.0 Å². The number of ether oxygens (including phenoxy) is 2. The highest BCUT2D eigenvalue weighted by Crippen LogP contribution is 2.28. The largest absolute Gasteiger partial charge is 0.466 e. The van der Waals surface area contributed by atoms with Crippen molar-refractivity contribution in [3.05, 3.63) is 29.0 Å². The summed E-state index contributed by atoms with van der Waals surface area (Å²) in [5.41, 5.74) is 3.77. The number of fused-ring (bicyclic) bond motifs is 1. The molecule has 7 heteroatoms. The fraction of sp³-hybridized carbons (Fsp3) is 0.500. The van der Waals surface area contributed by atoms with E-state index in [0.29, 0.717) is 12.3 Å². The number of hydrogen-bond acceptors (Lipinski definition) is 5. The van der Waals surface area contributed by atoms with Gasteiger partial charge in [0.2, 0.25) is 0 Å². The zero-order valence-electron chi connectivity index (χ0n) is 14.7. The van der Waals surface area contributed by atoms with Crippen LogP contribution in [0.2, 0.25) is 0 Å². The summed E-state index contributed by atoms with van der Waals surface area (Å²) in [5, 5.41) is 7.97. The predicted molar refractivity (Wildman–Crippen MR) is 95.5 cm³/mol. The lowest BCUT2D eigenvalue weighted by atomic mass is 9.91. The van der Waals surface area contributed by atoms with Gasteiger partial charge in [-0.05, 0) is 43.9 Å². The molecule has 0 aliphatic rings. The minimum absolute atomic E-state index is 0.0170. The third-order valence-electron chi connectivity index (χ3n) is 4.08. The zero-order valence-corrected chi connectivity index (χ0v) is 15.5. The van der Waals surface area contributed by atoms with Crippen LogP contribution < -0.4 is 0 Å². The topological polar surface area (TPSA) is 81.3 Å². The van der Waals surface area contributed by atoms with Crippen LogP contribution >= 0.6 is 11.6 Å². The van der Waals surface area contributed by atoms with Crippen molar-refractivity contribution in [2.75, 3.05) is 13.2 Å². The molecule has 1 aromatic heterocycles. The van der Waals surface area contributed by atoms with E-state index in [1.807, 2.05) is 13.0 Å². The first-order chi connectivity index (χ1) is 12.0. The molecule has 136 valence electrons. The Kier molecular flexibility index (Phi) is 6.82. The summed E-state index contributed by atoms with van der Waals surface area (Å²) in [6.45, 7) is 5.98. The van der Waals surface area contributed by atoms with Gasteiger partial charge in [-0.2, -0.15) is 5.10 Å². The van der Waals surface area contributed by atoms with E-state index in [9.17, 15) is 9.59 Å². The summed E-state index contributed by atoms with van der Waals surface area (Å²) in [5.74, 6) is -1.12. The van der Waals surface area contributed by atoms with Gasteiger partial charge in [-0.25, -0.2) is 0 Å². The molecule has 6 nitrogen and oxygen atoms in total. The monoisotopic (exact) mass is 366 g/mol. The molecule has 1 heterocycles. The van der Waals surface area contributed by atoms with Crippen LogP contribution in [0, 0.1) is 12.8 Å². The molecule has 0 fully saturated rings. The molecular formula is C18H23ClN2O4. The molecule has 0 aliphatic heterocycles. The van der Waals surface area contributed by atoms with Crippen molar-refractivity contribution < 1.29 is 19.1 Å². The number of nitrogens with one attached hydrogen (secondary N) is 1. The molecule has 2 aromatic rings. The number of nitrogens with zero attached hydrogens (tertiary/aromatic N) is 1. The molecule has 1 N–H and O–H groups in total. The fourth-order valence-electron chi connectivity index (χ4n) is 2.93. The summed E-state index contributed by atoms with van der Waals surface area (Å²) in [4.78, 5) is 24.2. The fourth-order valence-corrected chi connectivity index (χ4v) is 3.25. The summed E-state index contributed by atoms with van der Waals surface area (Å²) >= 11 is 6.15. The SMILES string of the molecule is CCOC(=O)C[C@H](Cc1cc(C)c2[nH]ncc2c1CCl)C(=O)OCC. The Labute approximate surface area is 151 Å². The van der Waals surface area contributed by atoms with Crippen molar-refractivity contribution in [2.45, 2.75) is 39.5 Å². The Bertz CT molecular complexity index is 757. The van der Waals surface area contributed by atoms with Crippen LogP contribution in [0.4, 0.5) is 0 Å². The molecule has 0 saturated heterocycles. The lowest BCUT2D eigenvalue weighted by Gasteiger charge is -2.17. The van der Waals surface area contributed by atoms with Gasteiger partial charge in [-0.3, -0.25) is 14.7 Å². The van der Waals surface area contributed by atoms with E-state index < -0.39 is 17.9 Å². The number of carbonyl (C=O) groups excluding carboxylic acids is 2. The third kappa shape index (κ3) is 4.51. The number of aryl methyl sites for hydroxylation is 1. The first-order valence-electron chi connectivity index (χ1n) is 8.34. The molecule has 0 unspecified atom stereocenters. The normalized spacial score (nSPS) is 12.2. The Morgan fingerprint density at radius 1 is 1.28 bits per heavy atom. The van der Waals surface area contributed by atoms with Gasteiger partial charge in [-0.15, -0.1) is 11.6 Å². The van der Waals surface area contributed by atoms with Crippen LogP contribution in [-0.2, 0) is 31.4 Å². The summed E-state index contributed by atoms with van der Waals surface area (Å²) in [6, 6.07) is 1.98. The van der Waals surface area contributed by atoms with E-state index in [1.54, 1.807) is 20.0 Å². The first-order valence-corrected chi connectivity index (χ1v) is 8.87. The smallest absolute Gasteiger partial charge is 0.309 e. The van der Waals surface area contributed by atoms with Gasteiger partial charge >= 0.3 is 11.9 Å². The van der Waals surface area contributed by atoms with Crippen molar-refractivity contribution in [3.8, 4) is 0 Å². The number of rotatable bonds is 8. The van der Waals surface area contributed by atoms with E-state index in [4.69, 9.17) is 21.1 Å². The van der Waals surface area contributed by atoms with Gasteiger partial charge in [0, 0.05) is 11.3 Å². The number of halogens is 1. The standard InChI is InChI=1S/C18H23ClN2O4/c1-4-24-16(22)8-13(18(23)25-5-2)7-12-6-11(3)17-15(10-20-21-17)14(12)9-19/h6,10,13H,4-5,7-9H2,1-3H3,(H,20,21)/t13-/m0/s1. The number of benzene rings is 1. The predicted octanol–water partition coefficient (Wildman–Crippen LogP) is 3.29. The maximum atomic E-state index is 12.3. The van der Waals surface area contributed by atoms with Crippen molar-refractivity contribution in [3.63, 3.8) is 0 Å². The van der Waals surface area contributed by atoms with Crippen LogP contribution in [0.15, 0.2) is 12.3 Å². The minimum Gasteiger partial charge on any atom is -0.466 e. The number of esters is 2. The highest BCUT2D eigenvalue weighted by atomic mass is 35.5. The number of hydrogen-bond donors (Lipinski definition) is 1. The first kappa shape index (κ1) is 19.2. The summed E-state index contributed by atoms with van der Waals surface area (Å²) in [7, 11) is 0. The molecule has 2 rings (SSSR count). The van der Waals surface area contributed by atoms with E-state index in [-0.39, 0.29) is 19.6 Å². The van der Waals surface area contributed by atoms with Gasteiger partial charge in [0.1, 0.15) is 0 Å². The highest BCUT2D eigenvalue weighted by Gasteiger charge is 2.26. The van der Waals surface area contributed by atoms with Crippen LogP contribution in [0.3, 0.4) is 0 Å². The van der Waals surface area contributed by atoms with Gasteiger partial charge in [-0.1, -0.05) is 6.07 Å². The zero-order chi connectivity index (χ0) is 18.4. The average molecular weight is 367 g/mol. The Morgan fingerprint density at radius 2 is 2.00 bits per heavy atom. The quantitative estimate of drug-likeness (QED) is 0.572. The van der Waals surface area contributed by atoms with Gasteiger partial charge in [0.25, 0.3) is 0 Å². The molecule has 1 aromatic carbocycles. The summed E-state index contributed by atoms with van der Waals surface area (Å²) in [6.07, 6.45) is 2.08. The molecule has 1 atom stereocenters. The Hall–Kier alpha value is -2.08. The lowest BCUT2D eigenvalue weighted by Crippen LogP contribution is -2.24. The van der Waals surface area contributed by atoms with Crippen molar-refractivity contribution in [1.29, 1.82) is 0 Å². The second kappa shape index (κ2) is 8.85. The van der Waals surface area contributed by atoms with E-state index in [2.05, 4.69) is 10.2 Å². The molecule has 0 bridgehead atoms. The van der Waals surface area contributed by atoms with Gasteiger partial charge in [0.15, 0.2) is 0 Å². The maximum Gasteiger partial charge on any atom is 0.309 e. The average Bonchev–Trinajstić information content (AvgIpc) is 3.05. The molecular weight excluding hydrogens is 344 g/mol. The Morgan fingerprint density at radius 3 is 2.64 bits per heavy atom. The van der Waals surface area contributed by atoms with Gasteiger partial charge in [0.05, 0.1) is 37.3 Å². The minimum atomic E-state index is -0.607. The second-order valence-corrected chi connectivity index (χ2v) is 6.05. The molecule has 0 aliphatic carbocycles. The van der Waals surface area contributed by atoms with Gasteiger partial charge < -0.3 is 9.47 Å². The number of aromatic nitrogens is 2. The second-order valence-electron chi connectivity index (χ2n) is 5.79. The van der Waals surface area contributed by atoms with Crippen LogP contribution in [-0.4, -0.2) is 35.3 Å². The van der Waals surface area contributed by atoms with Crippen molar-refractivity contribution in [2.24, 2.45) is 5.92 Å². The lowest BCUT2D eigenvalue weighted by molar-refractivity contribution is -0.154. The van der Waals surface area contributed by atoms with Crippen molar-refractivity contribution >= 4 is 34.4 Å². The summed E-state index contributed by atoms with van der Waals surface area (Å²) < 4.78 is 10.1. The molecule has 0 radical (unpaired) electrons. The number of carbonyl (C=O) groups is 2. The molecule has 0 spiro atoms. The maximum absolute atomic E-state index is 12.3. The number of H-pyrrole nitrogens is 1. The molecule has 0 amide bonds. The molecule has 25 heavy (non-hydrogen) atoms. The van der Waals surface area contributed by atoms with E-state index in [0.717, 1.165) is 27.6 Å².